The van der Waals surface area contributed by atoms with Crippen LogP contribution in [0.5, 0.6) is 0 Å². The van der Waals surface area contributed by atoms with Crippen molar-refractivity contribution in [3.63, 3.8) is 0 Å². The fourth-order valence-corrected chi connectivity index (χ4v) is 13.0. The van der Waals surface area contributed by atoms with E-state index in [0.29, 0.717) is 42.9 Å². The maximum Gasteiger partial charge on any atom is 0.409 e. The number of hydrogen-bond acceptors (Lipinski definition) is 6. The van der Waals surface area contributed by atoms with E-state index in [4.69, 9.17) is 4.74 Å². The molecule has 0 unspecified atom stereocenters. The summed E-state index contributed by atoms with van der Waals surface area (Å²) in [7, 11) is 0. The number of hydrogen-bond donors (Lipinski definition) is 2. The van der Waals surface area contributed by atoms with Gasteiger partial charge in [-0.25, -0.2) is 4.79 Å². The van der Waals surface area contributed by atoms with Crippen LogP contribution in [0.15, 0.2) is 60.2 Å². The highest BCUT2D eigenvalue weighted by Gasteiger charge is 2.59. The number of thiophene rings is 1. The van der Waals surface area contributed by atoms with Crippen LogP contribution in [-0.2, 0) is 11.2 Å². The lowest BCUT2D eigenvalue weighted by Gasteiger charge is -2.58. The molecule has 1 aromatic heterocycles. The fraction of sp³-hybridized carbons (Fsp3) is 0.600. The van der Waals surface area contributed by atoms with Crippen molar-refractivity contribution >= 4 is 33.3 Å². The van der Waals surface area contributed by atoms with E-state index in [9.17, 15) is 19.8 Å². The van der Waals surface area contributed by atoms with Crippen LogP contribution in [0.2, 0.25) is 0 Å². The summed E-state index contributed by atoms with van der Waals surface area (Å²) in [5.74, 6) is 2.21. The van der Waals surface area contributed by atoms with Gasteiger partial charge in [0.25, 0.3) is 0 Å². The first-order valence-electron chi connectivity index (χ1n) is 20.1. The van der Waals surface area contributed by atoms with Crippen molar-refractivity contribution in [1.82, 2.24) is 4.90 Å². The van der Waals surface area contributed by atoms with Crippen LogP contribution in [0.4, 0.5) is 4.79 Å². The van der Waals surface area contributed by atoms with Gasteiger partial charge in [-0.2, -0.15) is 0 Å². The van der Waals surface area contributed by atoms with E-state index in [1.165, 1.54) is 55.4 Å². The van der Waals surface area contributed by atoms with Gasteiger partial charge in [-0.1, -0.05) is 48.9 Å². The minimum absolute atomic E-state index is 0.00290. The van der Waals surface area contributed by atoms with Crippen LogP contribution in [0, 0.1) is 28.6 Å². The van der Waals surface area contributed by atoms with Crippen LogP contribution in [0.3, 0.4) is 0 Å². The highest BCUT2D eigenvalue weighted by atomic mass is 32.1. The van der Waals surface area contributed by atoms with Gasteiger partial charge in [0, 0.05) is 22.2 Å². The third-order valence-electron chi connectivity index (χ3n) is 14.2. The summed E-state index contributed by atoms with van der Waals surface area (Å²) >= 11 is 1.53. The number of aliphatic hydroxyl groups excluding tert-OH is 1. The molecule has 5 fully saturated rings. The highest BCUT2D eigenvalue weighted by Crippen LogP contribution is 2.62. The number of ether oxygens (including phenoxy) is 1. The molecular weight excluding hydrogens is 667 g/mol. The lowest BCUT2D eigenvalue weighted by molar-refractivity contribution is -0.103. The average Bonchev–Trinajstić information content (AvgIpc) is 3.64. The first-order chi connectivity index (χ1) is 25.0. The Morgan fingerprint density at radius 2 is 1.69 bits per heavy atom. The number of ketones is 1. The summed E-state index contributed by atoms with van der Waals surface area (Å²) in [5, 5.41) is 25.3. The quantitative estimate of drug-likeness (QED) is 0.187. The zero-order chi connectivity index (χ0) is 36.3. The predicted octanol–water partition coefficient (Wildman–Crippen LogP) is 9.85. The Kier molecular flexibility index (Phi) is 9.70. The molecule has 2 N–H and O–H groups in total. The van der Waals surface area contributed by atoms with Crippen molar-refractivity contribution in [2.24, 2.45) is 28.6 Å². The molecule has 0 spiro atoms. The van der Waals surface area contributed by atoms with Gasteiger partial charge in [-0.3, -0.25) is 4.79 Å². The Balaban J connectivity index is 1.18. The zero-order valence-corrected chi connectivity index (χ0v) is 32.2. The average molecular weight is 724 g/mol. The van der Waals surface area contributed by atoms with Gasteiger partial charge >= 0.3 is 6.09 Å². The standard InChI is InChI=1S/C45H57NO5S/c1-4-51-42(49)46(27-44-24-31-18-32(25-44)20-33(19-31)26-44)28-45(50)17-15-38-36-14-12-30(21-35(47)13-11-29(2)8-7-16-43(38,45)3)22-37(36)41(48)40-23-34-9-5-6-10-39(34)52-40/h5-6,8-10,12,14,22-23,31-33,35,38,47,50H,4,7,11,13,15-21,24-28H2,1-3H3/t31?,32?,33?,35-,38-,43-,44?,45+/m0/s1. The second kappa shape index (κ2) is 14.0. The number of rotatable bonds is 7. The Morgan fingerprint density at radius 1 is 0.962 bits per heavy atom. The van der Waals surface area contributed by atoms with Gasteiger partial charge in [0.1, 0.15) is 0 Å². The minimum Gasteiger partial charge on any atom is -0.450 e. The summed E-state index contributed by atoms with van der Waals surface area (Å²) < 4.78 is 6.83. The molecule has 6 bridgehead atoms. The number of carbonyl (C=O) groups excluding carboxylic acids is 2. The Hall–Kier alpha value is -3.00. The Morgan fingerprint density at radius 3 is 2.40 bits per heavy atom. The van der Waals surface area contributed by atoms with E-state index in [-0.39, 0.29) is 29.8 Å². The van der Waals surface area contributed by atoms with Crippen LogP contribution < -0.4 is 0 Å². The summed E-state index contributed by atoms with van der Waals surface area (Å²) in [6.07, 6.45) is 13.8. The van der Waals surface area contributed by atoms with Crippen molar-refractivity contribution in [1.29, 1.82) is 0 Å². The molecule has 6 nitrogen and oxygen atoms in total. The van der Waals surface area contributed by atoms with E-state index in [0.717, 1.165) is 64.7 Å². The molecule has 1 amide bonds. The molecule has 0 saturated heterocycles. The Labute approximate surface area is 313 Å². The van der Waals surface area contributed by atoms with Crippen molar-refractivity contribution in [3.05, 3.63) is 81.7 Å². The minimum atomic E-state index is -1.17. The van der Waals surface area contributed by atoms with E-state index < -0.39 is 17.1 Å². The van der Waals surface area contributed by atoms with E-state index in [2.05, 4.69) is 44.2 Å². The summed E-state index contributed by atoms with van der Waals surface area (Å²) in [6, 6.07) is 16.4. The maximum absolute atomic E-state index is 14.6. The molecule has 7 aliphatic carbocycles. The van der Waals surface area contributed by atoms with E-state index in [1.54, 1.807) is 0 Å². The number of benzene rings is 2. The zero-order valence-electron chi connectivity index (χ0n) is 31.4. The van der Waals surface area contributed by atoms with Crippen molar-refractivity contribution in [2.45, 2.75) is 122 Å². The largest absolute Gasteiger partial charge is 0.450 e. The molecule has 7 heteroatoms. The molecule has 0 aliphatic heterocycles. The first-order valence-corrected chi connectivity index (χ1v) is 20.9. The number of carbonyl (C=O) groups is 2. The molecule has 10 rings (SSSR count). The summed E-state index contributed by atoms with van der Waals surface area (Å²) in [5.41, 5.74) is 2.19. The van der Waals surface area contributed by atoms with Crippen LogP contribution in [0.25, 0.3) is 10.1 Å². The number of fused-ring (bicyclic) bond motifs is 9. The molecule has 4 atom stereocenters. The third-order valence-corrected chi connectivity index (χ3v) is 15.4. The normalized spacial score (nSPS) is 34.2. The van der Waals surface area contributed by atoms with E-state index >= 15 is 0 Å². The Bertz CT molecular complexity index is 1790. The van der Waals surface area contributed by atoms with E-state index in [1.807, 2.05) is 36.1 Å². The second-order valence-electron chi connectivity index (χ2n) is 17.9. The smallest absolute Gasteiger partial charge is 0.409 e. The SMILES string of the molecule is CCOC(=O)N(CC12CC3CC(CC(C3)C1)C2)C[C@]1(O)CC[C@H]2c3ccc(cc3C(=O)c3cc4ccccc4s3)C[C@@H](O)CCC(C)=CCC[C@@]21C. The van der Waals surface area contributed by atoms with Crippen molar-refractivity contribution in [2.75, 3.05) is 19.7 Å². The maximum atomic E-state index is 14.6. The first kappa shape index (κ1) is 36.0. The lowest BCUT2D eigenvalue weighted by Crippen LogP contribution is -2.58. The van der Waals surface area contributed by atoms with Gasteiger partial charge in [0.15, 0.2) is 0 Å². The molecular formula is C45H57NO5S. The van der Waals surface area contributed by atoms with Crippen LogP contribution in [0.1, 0.15) is 130 Å². The molecule has 2 aromatic carbocycles. The molecule has 3 aromatic rings. The van der Waals surface area contributed by atoms with Gasteiger partial charge in [0.2, 0.25) is 5.78 Å². The number of allylic oxidation sites excluding steroid dienone is 2. The number of nitrogens with zero attached hydrogens (tertiary/aromatic N) is 1. The lowest BCUT2D eigenvalue weighted by atomic mass is 9.49. The van der Waals surface area contributed by atoms with Crippen LogP contribution >= 0.6 is 11.3 Å². The van der Waals surface area contributed by atoms with Crippen molar-refractivity contribution in [3.8, 4) is 0 Å². The molecule has 278 valence electrons. The summed E-state index contributed by atoms with van der Waals surface area (Å²) in [6.45, 7) is 7.44. The molecule has 0 radical (unpaired) electrons. The van der Waals surface area contributed by atoms with Gasteiger partial charge in [-0.15, -0.1) is 11.3 Å². The summed E-state index contributed by atoms with van der Waals surface area (Å²) in [4.78, 5) is 31.2. The molecule has 1 heterocycles. The highest BCUT2D eigenvalue weighted by molar-refractivity contribution is 7.21. The molecule has 52 heavy (non-hydrogen) atoms. The van der Waals surface area contributed by atoms with Gasteiger partial charge < -0.3 is 19.8 Å². The number of aliphatic hydroxyl groups is 2. The van der Waals surface area contributed by atoms with Crippen LogP contribution in [-0.4, -0.2) is 58.4 Å². The van der Waals surface area contributed by atoms with Crippen molar-refractivity contribution < 1.29 is 24.5 Å². The third kappa shape index (κ3) is 6.68. The monoisotopic (exact) mass is 723 g/mol. The second-order valence-corrected chi connectivity index (χ2v) is 19.0. The predicted molar refractivity (Wildman–Crippen MR) is 208 cm³/mol. The number of amides is 1. The topological polar surface area (TPSA) is 87.1 Å². The van der Waals surface area contributed by atoms with Gasteiger partial charge in [-0.05, 0) is 161 Å². The fourth-order valence-electron chi connectivity index (χ4n) is 12.0. The van der Waals surface area contributed by atoms with Gasteiger partial charge in [0.05, 0.1) is 29.7 Å². The molecule has 5 saturated carbocycles. The molecule has 7 aliphatic rings.